The molecular weight excluding hydrogens is 267 g/mol. The van der Waals surface area contributed by atoms with E-state index in [0.717, 1.165) is 0 Å². The lowest BCUT2D eigenvalue weighted by molar-refractivity contribution is -0.121. The highest BCUT2D eigenvalue weighted by Gasteiger charge is 2.29. The summed E-state index contributed by atoms with van der Waals surface area (Å²) >= 11 is 0. The Hall–Kier alpha value is -1.56. The van der Waals surface area contributed by atoms with Crippen molar-refractivity contribution < 1.29 is 26.3 Å². The highest BCUT2D eigenvalue weighted by Crippen LogP contribution is 2.13. The third-order valence-electron chi connectivity index (χ3n) is 1.34. The molecule has 0 amide bonds. The average molecular weight is 275 g/mol. The van der Waals surface area contributed by atoms with Crippen LogP contribution in [0.3, 0.4) is 0 Å². The zero-order valence-electron chi connectivity index (χ0n) is 8.37. The Labute approximate surface area is 93.7 Å². The first-order valence-corrected chi connectivity index (χ1v) is 5.51. The fraction of sp³-hybridized carbons (Fsp3) is 0.600. The second-order valence-electron chi connectivity index (χ2n) is 2.71. The van der Waals surface area contributed by atoms with Gasteiger partial charge in [0.2, 0.25) is 5.95 Å². The molecule has 1 aromatic heterocycles. The number of ether oxygens (including phenoxy) is 1. The number of alkyl halides is 3. The van der Waals surface area contributed by atoms with E-state index in [0.29, 0.717) is 0 Å². The van der Waals surface area contributed by atoms with Crippen molar-refractivity contribution in [2.45, 2.75) is 6.18 Å². The van der Waals surface area contributed by atoms with Crippen LogP contribution in [0, 0.1) is 0 Å². The van der Waals surface area contributed by atoms with E-state index >= 15 is 0 Å². The summed E-state index contributed by atoms with van der Waals surface area (Å²) in [4.78, 5) is 3.46. The molecule has 1 heterocycles. The molecule has 1 aromatic rings. The van der Waals surface area contributed by atoms with Gasteiger partial charge in [-0.3, -0.25) is 0 Å². The molecule has 17 heavy (non-hydrogen) atoms. The highest BCUT2D eigenvalue weighted by atomic mass is 32.2. The molecule has 12 heteroatoms. The molecule has 0 bridgehead atoms. The molecule has 0 aromatic carbocycles. The predicted molar refractivity (Wildman–Crippen MR) is 49.5 cm³/mol. The number of aromatic amines is 1. The van der Waals surface area contributed by atoms with Crippen LogP contribution < -0.4 is 14.2 Å². The minimum atomic E-state index is -4.64. The van der Waals surface area contributed by atoms with Crippen LogP contribution in [0.15, 0.2) is 0 Å². The number of nitrogens with zero attached hydrogens (tertiary/aromatic N) is 2. The number of aromatic nitrogens is 3. The van der Waals surface area contributed by atoms with Gasteiger partial charge in [-0.05, 0) is 0 Å². The van der Waals surface area contributed by atoms with Gasteiger partial charge in [0.1, 0.15) is 6.54 Å². The molecule has 0 saturated heterocycles. The number of hydrogen-bond acceptors (Lipinski definition) is 5. The van der Waals surface area contributed by atoms with Gasteiger partial charge in [-0.1, -0.05) is 0 Å². The van der Waals surface area contributed by atoms with Gasteiger partial charge >= 0.3 is 22.4 Å². The number of anilines is 1. The Bertz CT molecular complexity index is 469. The molecule has 0 saturated carbocycles. The number of nitrogens with one attached hydrogen (secondary N) is 3. The quantitative estimate of drug-likeness (QED) is 0.678. The number of rotatable bonds is 5. The lowest BCUT2D eigenvalue weighted by Gasteiger charge is -2.08. The minimum absolute atomic E-state index is 0.154. The first-order valence-electron chi connectivity index (χ1n) is 4.02. The van der Waals surface area contributed by atoms with Gasteiger partial charge in [-0.25, -0.2) is 9.82 Å². The van der Waals surface area contributed by atoms with E-state index in [2.05, 4.69) is 19.9 Å². The van der Waals surface area contributed by atoms with Gasteiger partial charge in [-0.2, -0.15) is 31.3 Å². The maximum Gasteiger partial charge on any atom is 0.402 e. The Morgan fingerprint density at radius 1 is 1.47 bits per heavy atom. The monoisotopic (exact) mass is 275 g/mol. The number of methoxy groups -OCH3 is 1. The van der Waals surface area contributed by atoms with Crippen molar-refractivity contribution in [3.63, 3.8) is 0 Å². The van der Waals surface area contributed by atoms with Crippen LogP contribution in [-0.2, 0) is 10.2 Å². The summed E-state index contributed by atoms with van der Waals surface area (Å²) in [5.41, 5.74) is 0. The first-order chi connectivity index (χ1) is 7.72. The predicted octanol–water partition coefficient (Wildman–Crippen LogP) is -0.378. The van der Waals surface area contributed by atoms with Crippen LogP contribution in [0.25, 0.3) is 0 Å². The van der Waals surface area contributed by atoms with E-state index in [1.807, 2.05) is 0 Å². The van der Waals surface area contributed by atoms with E-state index in [1.165, 1.54) is 11.8 Å². The third-order valence-corrected chi connectivity index (χ3v) is 2.33. The minimum Gasteiger partial charge on any atom is -0.466 e. The Morgan fingerprint density at radius 2 is 2.12 bits per heavy atom. The van der Waals surface area contributed by atoms with Gasteiger partial charge in [0, 0.05) is 0 Å². The van der Waals surface area contributed by atoms with Gasteiger partial charge in [0.15, 0.2) is 0 Å². The molecular formula is C5H8F3N5O3S. The van der Waals surface area contributed by atoms with Crippen molar-refractivity contribution in [3.8, 4) is 6.01 Å². The summed E-state index contributed by atoms with van der Waals surface area (Å²) in [6, 6.07) is -0.154. The van der Waals surface area contributed by atoms with Crippen LogP contribution in [0.5, 0.6) is 6.01 Å². The molecule has 0 aliphatic heterocycles. The molecule has 0 spiro atoms. The maximum atomic E-state index is 11.8. The van der Waals surface area contributed by atoms with Gasteiger partial charge in [0.25, 0.3) is 0 Å². The average Bonchev–Trinajstić information content (AvgIpc) is 2.61. The van der Waals surface area contributed by atoms with Gasteiger partial charge < -0.3 is 4.74 Å². The lowest BCUT2D eigenvalue weighted by Crippen LogP contribution is -2.37. The molecule has 0 unspecified atom stereocenters. The molecule has 0 aliphatic carbocycles. The second kappa shape index (κ2) is 4.75. The zero-order valence-corrected chi connectivity index (χ0v) is 9.18. The second-order valence-corrected chi connectivity index (χ2v) is 4.21. The summed E-state index contributed by atoms with van der Waals surface area (Å²) < 4.78 is 65.0. The Balaban J connectivity index is 2.60. The lowest BCUT2D eigenvalue weighted by atomic mass is 10.7. The van der Waals surface area contributed by atoms with Crippen LogP contribution in [0.4, 0.5) is 19.1 Å². The van der Waals surface area contributed by atoms with Crippen molar-refractivity contribution >= 4 is 16.2 Å². The number of hydrogen-bond donors (Lipinski definition) is 3. The van der Waals surface area contributed by atoms with Crippen LogP contribution in [0.2, 0.25) is 0 Å². The van der Waals surface area contributed by atoms with Crippen LogP contribution in [-0.4, -0.2) is 43.4 Å². The fourth-order valence-electron chi connectivity index (χ4n) is 0.724. The zero-order chi connectivity index (χ0) is 13.1. The standard InChI is InChI=1S/C5H8F3N5O3S/c1-16-4-10-3(11-12-4)13-17(14,15)9-2-5(6,7)8/h9H,2H2,1H3,(H2,10,11,12,13). The molecule has 1 rings (SSSR count). The van der Waals surface area contributed by atoms with Crippen LogP contribution >= 0.6 is 0 Å². The smallest absolute Gasteiger partial charge is 0.402 e. The van der Waals surface area contributed by atoms with E-state index in [1.54, 1.807) is 4.72 Å². The molecule has 8 nitrogen and oxygen atoms in total. The molecule has 0 atom stereocenters. The van der Waals surface area contributed by atoms with Crippen molar-refractivity contribution in [3.05, 3.63) is 0 Å². The van der Waals surface area contributed by atoms with E-state index < -0.39 is 22.9 Å². The summed E-state index contributed by atoms with van der Waals surface area (Å²) in [5, 5.41) is 5.50. The van der Waals surface area contributed by atoms with Crippen LogP contribution in [0.1, 0.15) is 0 Å². The molecule has 3 N–H and O–H groups in total. The summed E-state index contributed by atoms with van der Waals surface area (Å²) in [5.74, 6) is -0.364. The third kappa shape index (κ3) is 4.86. The van der Waals surface area contributed by atoms with E-state index in [9.17, 15) is 21.6 Å². The topological polar surface area (TPSA) is 109 Å². The van der Waals surface area contributed by atoms with Crippen molar-refractivity contribution in [2.75, 3.05) is 18.4 Å². The fourth-order valence-corrected chi connectivity index (χ4v) is 1.50. The molecule has 0 fully saturated rings. The molecule has 98 valence electrons. The van der Waals surface area contributed by atoms with Crippen molar-refractivity contribution in [2.24, 2.45) is 0 Å². The normalized spacial score (nSPS) is 12.5. The summed E-state index contributed by atoms with van der Waals surface area (Å²) in [7, 11) is -3.13. The Morgan fingerprint density at radius 3 is 2.59 bits per heavy atom. The molecule has 0 aliphatic rings. The summed E-state index contributed by atoms with van der Waals surface area (Å²) in [6.07, 6.45) is -4.64. The first kappa shape index (κ1) is 13.5. The maximum absolute atomic E-state index is 11.8. The van der Waals surface area contributed by atoms with Crippen molar-refractivity contribution in [1.82, 2.24) is 19.9 Å². The number of halogens is 3. The van der Waals surface area contributed by atoms with Gasteiger partial charge in [0.05, 0.1) is 7.11 Å². The van der Waals surface area contributed by atoms with Crippen molar-refractivity contribution in [1.29, 1.82) is 0 Å². The van der Waals surface area contributed by atoms with E-state index in [4.69, 9.17) is 0 Å². The summed E-state index contributed by atoms with van der Waals surface area (Å²) in [6.45, 7) is -1.69. The number of H-pyrrole nitrogens is 1. The largest absolute Gasteiger partial charge is 0.466 e. The van der Waals surface area contributed by atoms with Gasteiger partial charge in [-0.15, -0.1) is 5.10 Å². The Kier molecular flexibility index (Phi) is 3.77. The SMILES string of the molecule is COc1n[nH]c(NS(=O)(=O)NCC(F)(F)F)n1. The van der Waals surface area contributed by atoms with E-state index in [-0.39, 0.29) is 12.0 Å². The highest BCUT2D eigenvalue weighted by molar-refractivity contribution is 7.90. The molecule has 0 radical (unpaired) electrons.